The lowest BCUT2D eigenvalue weighted by molar-refractivity contribution is 0.820. The Hall–Kier alpha value is -3.67. The van der Waals surface area contributed by atoms with Crippen LogP contribution in [0, 0.1) is 25.1 Å². The van der Waals surface area contributed by atoms with Crippen LogP contribution in [0.3, 0.4) is 0 Å². The Balaban J connectivity index is 1.58. The van der Waals surface area contributed by atoms with Crippen LogP contribution in [0.4, 0.5) is 5.69 Å². The van der Waals surface area contributed by atoms with E-state index < -0.39 is 0 Å². The van der Waals surface area contributed by atoms with E-state index in [0.717, 1.165) is 48.3 Å². The Kier molecular flexibility index (Phi) is 4.28. The average molecular weight is 397 g/mol. The van der Waals surface area contributed by atoms with Gasteiger partial charge in [0.15, 0.2) is 11.5 Å². The molecule has 0 spiro atoms. The van der Waals surface area contributed by atoms with Crippen molar-refractivity contribution in [3.8, 4) is 11.8 Å². The zero-order valence-corrected chi connectivity index (χ0v) is 16.9. The second kappa shape index (κ2) is 6.99. The normalized spacial score (nSPS) is 14.4. The van der Waals surface area contributed by atoms with E-state index in [9.17, 15) is 4.79 Å². The minimum absolute atomic E-state index is 0.122. The highest BCUT2D eigenvalue weighted by Gasteiger charge is 2.23. The van der Waals surface area contributed by atoms with Crippen molar-refractivity contribution in [2.45, 2.75) is 26.5 Å². The Morgan fingerprint density at radius 3 is 2.73 bits per heavy atom. The lowest BCUT2D eigenvalue weighted by Crippen LogP contribution is -2.36. The molecule has 4 heterocycles. The first-order valence-corrected chi connectivity index (χ1v) is 10.0. The number of rotatable bonds is 2. The summed E-state index contributed by atoms with van der Waals surface area (Å²) in [6.07, 6.45) is 5.06. The molecular formula is C21H20BN7O. The number of nitriles is 1. The number of benzene rings is 1. The number of hydrogen-bond acceptors (Lipinski definition) is 6. The van der Waals surface area contributed by atoms with Crippen LogP contribution in [0.2, 0.25) is 12.6 Å². The second-order valence-electron chi connectivity index (χ2n) is 7.85. The van der Waals surface area contributed by atoms with Gasteiger partial charge in [-0.05, 0) is 56.3 Å². The first-order valence-electron chi connectivity index (χ1n) is 10.0. The summed E-state index contributed by atoms with van der Waals surface area (Å²) in [6, 6.07) is 7.64. The molecule has 1 fully saturated rings. The smallest absolute Gasteiger partial charge is 0.271 e. The first kappa shape index (κ1) is 18.4. The lowest BCUT2D eigenvalue weighted by Gasteiger charge is -2.30. The standard InChI is InChI=1S/C21H20BN7O/c1-14-9-19(26-29-11-15(2)25-20(14)29)28-13-24-18-4-3-16(10-17(18)21(28)30)27-7-5-22(12-23)6-8-27/h3-4,9-11,13H,5-8H2,1-2H3. The third-order valence-corrected chi connectivity index (χ3v) is 5.75. The van der Waals surface area contributed by atoms with E-state index in [4.69, 9.17) is 5.26 Å². The van der Waals surface area contributed by atoms with Gasteiger partial charge in [-0.3, -0.25) is 4.79 Å². The van der Waals surface area contributed by atoms with Crippen LogP contribution in [-0.4, -0.2) is 44.0 Å². The fourth-order valence-electron chi connectivity index (χ4n) is 4.08. The predicted octanol–water partition coefficient (Wildman–Crippen LogP) is 2.42. The number of fused-ring (bicyclic) bond motifs is 2. The third-order valence-electron chi connectivity index (χ3n) is 5.75. The van der Waals surface area contributed by atoms with Crippen LogP contribution in [0.5, 0.6) is 0 Å². The third kappa shape index (κ3) is 3.01. The maximum Gasteiger partial charge on any atom is 0.271 e. The molecule has 0 N–H and O–H groups in total. The molecule has 1 aliphatic rings. The lowest BCUT2D eigenvalue weighted by atomic mass is 9.45. The van der Waals surface area contributed by atoms with Crippen molar-refractivity contribution in [1.82, 2.24) is 24.1 Å². The summed E-state index contributed by atoms with van der Waals surface area (Å²) in [5.74, 6) is 2.87. The van der Waals surface area contributed by atoms with Gasteiger partial charge in [0.2, 0.25) is 0 Å². The van der Waals surface area contributed by atoms with Crippen molar-refractivity contribution in [2.24, 2.45) is 0 Å². The van der Waals surface area contributed by atoms with Gasteiger partial charge in [0.1, 0.15) is 6.33 Å². The molecule has 148 valence electrons. The SMILES string of the molecule is Cc1cn2nc(-n3cnc4ccc(N5CCB(C#N)CC5)cc4c3=O)cc(C)c2n1. The van der Waals surface area contributed by atoms with Crippen molar-refractivity contribution < 1.29 is 0 Å². The monoisotopic (exact) mass is 397 g/mol. The number of anilines is 1. The fourth-order valence-corrected chi connectivity index (χ4v) is 4.08. The molecule has 0 saturated carbocycles. The molecule has 3 aromatic heterocycles. The molecule has 0 radical (unpaired) electrons. The number of aromatic nitrogens is 5. The maximum absolute atomic E-state index is 13.3. The largest absolute Gasteiger partial charge is 0.373 e. The molecule has 0 atom stereocenters. The maximum atomic E-state index is 13.3. The van der Waals surface area contributed by atoms with Crippen LogP contribution in [0.1, 0.15) is 11.3 Å². The van der Waals surface area contributed by atoms with Gasteiger partial charge in [0.05, 0.1) is 22.8 Å². The van der Waals surface area contributed by atoms with Gasteiger partial charge in [0, 0.05) is 24.7 Å². The van der Waals surface area contributed by atoms with Crippen LogP contribution in [-0.2, 0) is 0 Å². The highest BCUT2D eigenvalue weighted by atomic mass is 16.1. The molecular weight excluding hydrogens is 377 g/mol. The molecule has 4 aromatic rings. The van der Waals surface area contributed by atoms with Crippen molar-refractivity contribution >= 4 is 29.0 Å². The van der Waals surface area contributed by atoms with Crippen molar-refractivity contribution in [3.63, 3.8) is 0 Å². The molecule has 9 heteroatoms. The van der Waals surface area contributed by atoms with Crippen LogP contribution in [0.25, 0.3) is 22.4 Å². The molecule has 1 saturated heterocycles. The summed E-state index contributed by atoms with van der Waals surface area (Å²) in [6.45, 7) is 5.62. The number of nitrogens with zero attached hydrogens (tertiary/aromatic N) is 7. The molecule has 0 bridgehead atoms. The van der Waals surface area contributed by atoms with Gasteiger partial charge in [-0.25, -0.2) is 24.3 Å². The first-order chi connectivity index (χ1) is 14.5. The van der Waals surface area contributed by atoms with Gasteiger partial charge in [0.25, 0.3) is 12.3 Å². The summed E-state index contributed by atoms with van der Waals surface area (Å²) in [4.78, 5) is 24.5. The van der Waals surface area contributed by atoms with E-state index in [1.54, 1.807) is 4.52 Å². The quantitative estimate of drug-likeness (QED) is 0.483. The van der Waals surface area contributed by atoms with E-state index >= 15 is 0 Å². The molecule has 1 aliphatic heterocycles. The topological polar surface area (TPSA) is 92.1 Å². The Morgan fingerprint density at radius 2 is 1.97 bits per heavy atom. The Morgan fingerprint density at radius 1 is 1.17 bits per heavy atom. The van der Waals surface area contributed by atoms with Crippen LogP contribution < -0.4 is 10.5 Å². The molecule has 5 rings (SSSR count). The van der Waals surface area contributed by atoms with Crippen molar-refractivity contribution in [1.29, 1.82) is 5.26 Å². The van der Waals surface area contributed by atoms with E-state index in [0.29, 0.717) is 16.7 Å². The van der Waals surface area contributed by atoms with Gasteiger partial charge in [-0.2, -0.15) is 0 Å². The summed E-state index contributed by atoms with van der Waals surface area (Å²) in [5.41, 5.74) is 4.08. The van der Waals surface area contributed by atoms with Gasteiger partial charge < -0.3 is 4.90 Å². The van der Waals surface area contributed by atoms with Gasteiger partial charge in [-0.1, -0.05) is 0 Å². The summed E-state index contributed by atoms with van der Waals surface area (Å²) < 4.78 is 3.18. The average Bonchev–Trinajstić information content (AvgIpc) is 3.15. The molecule has 0 aliphatic carbocycles. The van der Waals surface area contributed by atoms with Gasteiger partial charge in [-0.15, -0.1) is 5.10 Å². The van der Waals surface area contributed by atoms with E-state index in [-0.39, 0.29) is 12.3 Å². The van der Waals surface area contributed by atoms with Crippen LogP contribution >= 0.6 is 0 Å². The second-order valence-corrected chi connectivity index (χ2v) is 7.85. The fraction of sp³-hybridized carbons (Fsp3) is 0.286. The summed E-state index contributed by atoms with van der Waals surface area (Å²) in [5, 5.41) is 14.2. The minimum atomic E-state index is -0.156. The van der Waals surface area contributed by atoms with E-state index in [2.05, 4.69) is 25.9 Å². The Labute approximate surface area is 173 Å². The van der Waals surface area contributed by atoms with Gasteiger partial charge >= 0.3 is 0 Å². The molecule has 0 unspecified atom stereocenters. The minimum Gasteiger partial charge on any atom is -0.373 e. The van der Waals surface area contributed by atoms with E-state index in [1.807, 2.05) is 44.3 Å². The zero-order valence-electron chi connectivity index (χ0n) is 16.9. The Bertz CT molecular complexity index is 1380. The molecule has 1 aromatic carbocycles. The molecule has 30 heavy (non-hydrogen) atoms. The summed E-state index contributed by atoms with van der Waals surface area (Å²) >= 11 is 0. The van der Waals surface area contributed by atoms with Crippen molar-refractivity contribution in [2.75, 3.05) is 18.0 Å². The summed E-state index contributed by atoms with van der Waals surface area (Å²) in [7, 11) is 0. The number of imidazole rings is 1. The number of hydrogen-bond donors (Lipinski definition) is 0. The zero-order chi connectivity index (χ0) is 20.8. The highest BCUT2D eigenvalue weighted by Crippen LogP contribution is 2.23. The highest BCUT2D eigenvalue weighted by molar-refractivity contribution is 6.67. The van der Waals surface area contributed by atoms with Crippen LogP contribution in [0.15, 0.2) is 41.6 Å². The molecule has 8 nitrogen and oxygen atoms in total. The number of aryl methyl sites for hydroxylation is 2. The van der Waals surface area contributed by atoms with Crippen molar-refractivity contribution in [3.05, 3.63) is 58.4 Å². The predicted molar refractivity (Wildman–Crippen MR) is 117 cm³/mol. The van der Waals surface area contributed by atoms with E-state index in [1.165, 1.54) is 10.9 Å². The molecule has 0 amide bonds.